The summed E-state index contributed by atoms with van der Waals surface area (Å²) in [6.45, 7) is 1.62. The Kier molecular flexibility index (Phi) is 5.76. The second-order valence-corrected chi connectivity index (χ2v) is 7.54. The molecule has 0 saturated carbocycles. The maximum atomic E-state index is 12.9. The minimum absolute atomic E-state index is 0.0188. The molecule has 0 heterocycles. The summed E-state index contributed by atoms with van der Waals surface area (Å²) < 4.78 is 31.9. The smallest absolute Gasteiger partial charge is 0.271 e. The van der Waals surface area contributed by atoms with Crippen LogP contribution in [-0.4, -0.2) is 27.0 Å². The molecule has 0 aliphatic rings. The van der Waals surface area contributed by atoms with Gasteiger partial charge in [0.05, 0.1) is 32.7 Å². The van der Waals surface area contributed by atoms with E-state index >= 15 is 0 Å². The Labute approximate surface area is 154 Å². The van der Waals surface area contributed by atoms with E-state index in [-0.39, 0.29) is 32.9 Å². The Morgan fingerprint density at radius 2 is 1.84 bits per heavy atom. The number of nitrogens with zero attached hydrogens (tertiary/aromatic N) is 2. The van der Waals surface area contributed by atoms with Gasteiger partial charge in [0, 0.05) is 18.7 Å². The Morgan fingerprint density at radius 3 is 2.36 bits per heavy atom. The molecular weight excluding hydrogens is 391 g/mol. The van der Waals surface area contributed by atoms with E-state index in [9.17, 15) is 18.5 Å². The number of non-ortho nitro benzene ring substituents is 1. The summed E-state index contributed by atoms with van der Waals surface area (Å²) in [7, 11) is -2.62. The molecule has 0 fully saturated rings. The van der Waals surface area contributed by atoms with Crippen molar-refractivity contribution in [3.63, 3.8) is 0 Å². The Morgan fingerprint density at radius 1 is 1.16 bits per heavy atom. The van der Waals surface area contributed by atoms with Crippen LogP contribution in [0.3, 0.4) is 0 Å². The molecule has 0 unspecified atom stereocenters. The zero-order valence-corrected chi connectivity index (χ0v) is 15.6. The van der Waals surface area contributed by atoms with Gasteiger partial charge in [-0.05, 0) is 31.2 Å². The molecule has 0 radical (unpaired) electrons. The summed E-state index contributed by atoms with van der Waals surface area (Å²) in [6.07, 6.45) is 0. The van der Waals surface area contributed by atoms with Gasteiger partial charge in [-0.3, -0.25) is 14.4 Å². The second-order valence-electron chi connectivity index (χ2n) is 4.86. The highest BCUT2D eigenvalue weighted by atomic mass is 35.5. The highest BCUT2D eigenvalue weighted by Crippen LogP contribution is 2.35. The van der Waals surface area contributed by atoms with Gasteiger partial charge in [0.2, 0.25) is 0 Å². The standard InChI is InChI=1S/C15H14Cl2N2O5S/c1-3-18(14-8-10(19(20)21)4-6-12(14)16)25(22,23)11-5-7-15(24-2)13(17)9-11/h4-9H,3H2,1-2H3. The first-order valence-electron chi connectivity index (χ1n) is 7.02. The number of halogens is 2. The topological polar surface area (TPSA) is 89.8 Å². The average molecular weight is 405 g/mol. The molecule has 2 rings (SSSR count). The van der Waals surface area contributed by atoms with Crippen molar-refractivity contribution in [2.45, 2.75) is 11.8 Å². The summed E-state index contributed by atoms with van der Waals surface area (Å²) in [6, 6.07) is 7.63. The second kappa shape index (κ2) is 7.47. The Balaban J connectivity index is 2.58. The van der Waals surface area contributed by atoms with E-state index in [1.807, 2.05) is 0 Å². The van der Waals surface area contributed by atoms with Crippen LogP contribution >= 0.6 is 23.2 Å². The number of methoxy groups -OCH3 is 1. The molecule has 0 aliphatic carbocycles. The van der Waals surface area contributed by atoms with Crippen LogP contribution in [0.4, 0.5) is 11.4 Å². The van der Waals surface area contributed by atoms with E-state index in [0.29, 0.717) is 5.75 Å². The molecule has 0 aromatic heterocycles. The van der Waals surface area contributed by atoms with Gasteiger partial charge in [-0.25, -0.2) is 8.42 Å². The Hall–Kier alpha value is -2.03. The number of nitro benzene ring substituents is 1. The van der Waals surface area contributed by atoms with E-state index in [0.717, 1.165) is 10.4 Å². The molecule has 2 aromatic carbocycles. The number of ether oxygens (including phenoxy) is 1. The highest BCUT2D eigenvalue weighted by Gasteiger charge is 2.27. The molecular formula is C15H14Cl2N2O5S. The lowest BCUT2D eigenvalue weighted by Crippen LogP contribution is -2.31. The van der Waals surface area contributed by atoms with Gasteiger partial charge >= 0.3 is 0 Å². The van der Waals surface area contributed by atoms with Crippen molar-refractivity contribution < 1.29 is 18.1 Å². The highest BCUT2D eigenvalue weighted by molar-refractivity contribution is 7.92. The molecule has 25 heavy (non-hydrogen) atoms. The van der Waals surface area contributed by atoms with Crippen LogP contribution in [0.2, 0.25) is 10.0 Å². The third kappa shape index (κ3) is 3.81. The van der Waals surface area contributed by atoms with E-state index in [2.05, 4.69) is 0 Å². The molecule has 0 spiro atoms. The van der Waals surface area contributed by atoms with E-state index in [1.54, 1.807) is 6.92 Å². The van der Waals surface area contributed by atoms with Crippen molar-refractivity contribution in [2.75, 3.05) is 18.0 Å². The van der Waals surface area contributed by atoms with Crippen LogP contribution < -0.4 is 9.04 Å². The lowest BCUT2D eigenvalue weighted by atomic mass is 10.3. The van der Waals surface area contributed by atoms with Crippen LogP contribution in [0.25, 0.3) is 0 Å². The molecule has 0 aliphatic heterocycles. The Bertz CT molecular complexity index is 918. The fraction of sp³-hybridized carbons (Fsp3) is 0.200. The third-order valence-electron chi connectivity index (χ3n) is 3.41. The number of rotatable bonds is 6. The van der Waals surface area contributed by atoms with Gasteiger partial charge in [0.1, 0.15) is 5.75 Å². The third-order valence-corrected chi connectivity index (χ3v) is 5.91. The van der Waals surface area contributed by atoms with Crippen LogP contribution in [0.1, 0.15) is 6.92 Å². The largest absolute Gasteiger partial charge is 0.495 e. The van der Waals surface area contributed by atoms with E-state index in [1.165, 1.54) is 37.4 Å². The van der Waals surface area contributed by atoms with Crippen LogP contribution in [-0.2, 0) is 10.0 Å². The monoisotopic (exact) mass is 404 g/mol. The summed E-state index contributed by atoms with van der Waals surface area (Å²) in [4.78, 5) is 10.3. The predicted octanol–water partition coefficient (Wildman–Crippen LogP) is 4.13. The molecule has 7 nitrogen and oxygen atoms in total. The molecule has 10 heteroatoms. The lowest BCUT2D eigenvalue weighted by molar-refractivity contribution is -0.384. The summed E-state index contributed by atoms with van der Waals surface area (Å²) in [5, 5.41) is 11.2. The molecule has 0 saturated heterocycles. The van der Waals surface area contributed by atoms with Crippen molar-refractivity contribution in [2.24, 2.45) is 0 Å². The maximum absolute atomic E-state index is 12.9. The molecule has 0 atom stereocenters. The molecule has 2 aromatic rings. The van der Waals surface area contributed by atoms with Gasteiger partial charge in [0.25, 0.3) is 15.7 Å². The SMILES string of the molecule is CCN(c1cc([N+](=O)[O-])ccc1Cl)S(=O)(=O)c1ccc(OC)c(Cl)c1. The van der Waals surface area contributed by atoms with Gasteiger partial charge in [0.15, 0.2) is 0 Å². The minimum Gasteiger partial charge on any atom is -0.495 e. The zero-order chi connectivity index (χ0) is 18.8. The zero-order valence-electron chi connectivity index (χ0n) is 13.3. The molecule has 0 amide bonds. The minimum atomic E-state index is -4.03. The van der Waals surface area contributed by atoms with Crippen LogP contribution in [0, 0.1) is 10.1 Å². The van der Waals surface area contributed by atoms with Crippen molar-refractivity contribution in [3.8, 4) is 5.75 Å². The first kappa shape index (κ1) is 19.3. The van der Waals surface area contributed by atoms with Gasteiger partial charge in [-0.2, -0.15) is 0 Å². The average Bonchev–Trinajstić information content (AvgIpc) is 2.56. The number of hydrogen-bond donors (Lipinski definition) is 0. The van der Waals surface area contributed by atoms with Crippen LogP contribution in [0.5, 0.6) is 5.75 Å². The van der Waals surface area contributed by atoms with Crippen molar-refractivity contribution in [3.05, 3.63) is 56.6 Å². The van der Waals surface area contributed by atoms with Crippen molar-refractivity contribution >= 4 is 44.6 Å². The fourth-order valence-corrected chi connectivity index (χ4v) is 4.31. The van der Waals surface area contributed by atoms with Gasteiger partial charge < -0.3 is 4.74 Å². The summed E-state index contributed by atoms with van der Waals surface area (Å²) in [5.41, 5.74) is -0.244. The number of hydrogen-bond acceptors (Lipinski definition) is 5. The number of nitro groups is 1. The molecule has 134 valence electrons. The maximum Gasteiger partial charge on any atom is 0.271 e. The van der Waals surface area contributed by atoms with Gasteiger partial charge in [-0.1, -0.05) is 23.2 Å². The number of anilines is 1. The van der Waals surface area contributed by atoms with Crippen LogP contribution in [0.15, 0.2) is 41.3 Å². The van der Waals surface area contributed by atoms with Gasteiger partial charge in [-0.15, -0.1) is 0 Å². The van der Waals surface area contributed by atoms with Crippen molar-refractivity contribution in [1.29, 1.82) is 0 Å². The predicted molar refractivity (Wildman–Crippen MR) is 96.3 cm³/mol. The fourth-order valence-electron chi connectivity index (χ4n) is 2.21. The molecule has 0 bridgehead atoms. The number of sulfonamides is 1. The number of benzene rings is 2. The summed E-state index contributed by atoms with van der Waals surface area (Å²) in [5.74, 6) is 0.331. The normalized spacial score (nSPS) is 11.2. The summed E-state index contributed by atoms with van der Waals surface area (Å²) >= 11 is 12.1. The first-order valence-corrected chi connectivity index (χ1v) is 9.22. The molecule has 0 N–H and O–H groups in total. The van der Waals surface area contributed by atoms with E-state index < -0.39 is 14.9 Å². The first-order chi connectivity index (χ1) is 11.7. The lowest BCUT2D eigenvalue weighted by Gasteiger charge is -2.24. The van der Waals surface area contributed by atoms with E-state index in [4.69, 9.17) is 27.9 Å². The quantitative estimate of drug-likeness (QED) is 0.533. The van der Waals surface area contributed by atoms with Crippen molar-refractivity contribution in [1.82, 2.24) is 0 Å².